The zero-order valence-corrected chi connectivity index (χ0v) is 10.5. The Morgan fingerprint density at radius 3 is 2.29 bits per heavy atom. The summed E-state index contributed by atoms with van der Waals surface area (Å²) in [7, 11) is 0. The smallest absolute Gasteiger partial charge is 0.225 e. The van der Waals surface area contributed by atoms with E-state index >= 15 is 0 Å². The quantitative estimate of drug-likeness (QED) is 0.702. The van der Waals surface area contributed by atoms with E-state index in [1.54, 1.807) is 0 Å². The Bertz CT molecular complexity index is 296. The van der Waals surface area contributed by atoms with Gasteiger partial charge in [0, 0.05) is 18.5 Å². The van der Waals surface area contributed by atoms with Gasteiger partial charge in [-0.2, -0.15) is 5.26 Å². The second-order valence-corrected chi connectivity index (χ2v) is 5.36. The molecule has 2 fully saturated rings. The highest BCUT2D eigenvalue weighted by atomic mass is 16.2. The van der Waals surface area contributed by atoms with E-state index < -0.39 is 0 Å². The van der Waals surface area contributed by atoms with Gasteiger partial charge >= 0.3 is 0 Å². The van der Waals surface area contributed by atoms with Crippen LogP contribution in [0.4, 0.5) is 0 Å². The van der Waals surface area contributed by atoms with Crippen LogP contribution >= 0.6 is 0 Å². The molecular formula is C14H22N2O. The molecule has 0 aliphatic heterocycles. The molecule has 0 aromatic heterocycles. The maximum absolute atomic E-state index is 12.5. The van der Waals surface area contributed by atoms with Crippen molar-refractivity contribution in [2.45, 2.75) is 63.8 Å². The van der Waals surface area contributed by atoms with Crippen LogP contribution in [0.25, 0.3) is 0 Å². The molecule has 94 valence electrons. The summed E-state index contributed by atoms with van der Waals surface area (Å²) in [5.74, 6) is 0.585. The summed E-state index contributed by atoms with van der Waals surface area (Å²) in [6.07, 6.45) is 9.86. The van der Waals surface area contributed by atoms with Crippen molar-refractivity contribution in [1.82, 2.24) is 4.90 Å². The highest BCUT2D eigenvalue weighted by molar-refractivity contribution is 5.79. The Kier molecular flexibility index (Phi) is 4.42. The van der Waals surface area contributed by atoms with Crippen molar-refractivity contribution in [2.75, 3.05) is 6.54 Å². The largest absolute Gasteiger partial charge is 0.338 e. The SMILES string of the molecule is N#CCCN(C(=O)C1CCCCCC1)C1CC1. The number of amides is 1. The molecule has 0 N–H and O–H groups in total. The average molecular weight is 234 g/mol. The fourth-order valence-corrected chi connectivity index (χ4v) is 2.79. The molecule has 0 saturated heterocycles. The minimum absolute atomic E-state index is 0.247. The van der Waals surface area contributed by atoms with Gasteiger partial charge in [-0.15, -0.1) is 0 Å². The van der Waals surface area contributed by atoms with Crippen LogP contribution in [-0.4, -0.2) is 23.4 Å². The van der Waals surface area contributed by atoms with Crippen LogP contribution in [0.2, 0.25) is 0 Å². The third-order valence-corrected chi connectivity index (χ3v) is 3.94. The molecular weight excluding hydrogens is 212 g/mol. The Morgan fingerprint density at radius 2 is 1.76 bits per heavy atom. The van der Waals surface area contributed by atoms with E-state index in [0.29, 0.717) is 24.9 Å². The average Bonchev–Trinajstić information content (AvgIpc) is 3.16. The number of nitrogens with zero attached hydrogens (tertiary/aromatic N) is 2. The first kappa shape index (κ1) is 12.4. The molecule has 0 heterocycles. The van der Waals surface area contributed by atoms with E-state index in [0.717, 1.165) is 25.7 Å². The van der Waals surface area contributed by atoms with Crippen LogP contribution in [0, 0.1) is 17.2 Å². The molecule has 1 amide bonds. The minimum atomic E-state index is 0.247. The lowest BCUT2D eigenvalue weighted by atomic mass is 9.98. The summed E-state index contributed by atoms with van der Waals surface area (Å²) in [6.45, 7) is 0.649. The number of rotatable bonds is 4. The molecule has 2 saturated carbocycles. The molecule has 0 atom stereocenters. The van der Waals surface area contributed by atoms with Gasteiger partial charge in [0.25, 0.3) is 0 Å². The highest BCUT2D eigenvalue weighted by Gasteiger charge is 2.35. The summed E-state index contributed by atoms with van der Waals surface area (Å²) in [6, 6.07) is 2.61. The van der Waals surface area contributed by atoms with Crippen molar-refractivity contribution in [3.8, 4) is 6.07 Å². The zero-order valence-electron chi connectivity index (χ0n) is 10.5. The molecule has 0 aromatic carbocycles. The van der Waals surface area contributed by atoms with Crippen LogP contribution in [0.1, 0.15) is 57.8 Å². The lowest BCUT2D eigenvalue weighted by Gasteiger charge is -2.26. The molecule has 0 radical (unpaired) electrons. The Morgan fingerprint density at radius 1 is 1.12 bits per heavy atom. The van der Waals surface area contributed by atoms with Gasteiger partial charge in [0.2, 0.25) is 5.91 Å². The van der Waals surface area contributed by atoms with Gasteiger partial charge in [0.05, 0.1) is 12.5 Å². The molecule has 3 nitrogen and oxygen atoms in total. The number of carbonyl (C=O) groups is 1. The second-order valence-electron chi connectivity index (χ2n) is 5.36. The van der Waals surface area contributed by atoms with E-state index in [4.69, 9.17) is 5.26 Å². The van der Waals surface area contributed by atoms with Gasteiger partial charge in [-0.3, -0.25) is 4.79 Å². The molecule has 17 heavy (non-hydrogen) atoms. The van der Waals surface area contributed by atoms with Crippen LogP contribution in [0.5, 0.6) is 0 Å². The zero-order chi connectivity index (χ0) is 12.1. The molecule has 2 aliphatic rings. The fourth-order valence-electron chi connectivity index (χ4n) is 2.79. The predicted octanol–water partition coefficient (Wildman–Crippen LogP) is 2.86. The summed E-state index contributed by atoms with van der Waals surface area (Å²) in [5, 5.41) is 8.67. The minimum Gasteiger partial charge on any atom is -0.338 e. The fraction of sp³-hybridized carbons (Fsp3) is 0.857. The van der Waals surface area contributed by atoms with Crippen molar-refractivity contribution in [2.24, 2.45) is 5.92 Å². The summed E-state index contributed by atoms with van der Waals surface area (Å²) in [4.78, 5) is 14.5. The standard InChI is InChI=1S/C14H22N2O/c15-10-5-11-16(13-8-9-13)14(17)12-6-3-1-2-4-7-12/h12-13H,1-9,11H2. The van der Waals surface area contributed by atoms with Crippen molar-refractivity contribution in [3.63, 3.8) is 0 Å². The molecule has 3 heteroatoms. The molecule has 2 aliphatic carbocycles. The van der Waals surface area contributed by atoms with Crippen LogP contribution in [0.3, 0.4) is 0 Å². The van der Waals surface area contributed by atoms with Gasteiger partial charge in [-0.05, 0) is 25.7 Å². The number of nitriles is 1. The van der Waals surface area contributed by atoms with E-state index in [9.17, 15) is 4.79 Å². The maximum atomic E-state index is 12.5. The van der Waals surface area contributed by atoms with E-state index in [-0.39, 0.29) is 5.92 Å². The van der Waals surface area contributed by atoms with E-state index in [2.05, 4.69) is 6.07 Å². The van der Waals surface area contributed by atoms with E-state index in [1.807, 2.05) is 4.90 Å². The third kappa shape index (κ3) is 3.46. The van der Waals surface area contributed by atoms with Crippen LogP contribution in [-0.2, 0) is 4.79 Å². The number of carbonyl (C=O) groups excluding carboxylic acids is 1. The Hall–Kier alpha value is -1.04. The van der Waals surface area contributed by atoms with E-state index in [1.165, 1.54) is 25.7 Å². The topological polar surface area (TPSA) is 44.1 Å². The molecule has 0 aromatic rings. The van der Waals surface area contributed by atoms with Crippen molar-refractivity contribution in [1.29, 1.82) is 5.26 Å². The summed E-state index contributed by atoms with van der Waals surface area (Å²) in [5.41, 5.74) is 0. The first-order valence-electron chi connectivity index (χ1n) is 7.00. The molecule has 0 spiro atoms. The molecule has 0 bridgehead atoms. The van der Waals surface area contributed by atoms with Crippen molar-refractivity contribution < 1.29 is 4.79 Å². The summed E-state index contributed by atoms with van der Waals surface area (Å²) >= 11 is 0. The van der Waals surface area contributed by atoms with Crippen molar-refractivity contribution in [3.05, 3.63) is 0 Å². The molecule has 2 rings (SSSR count). The van der Waals surface area contributed by atoms with Crippen LogP contribution in [0.15, 0.2) is 0 Å². The number of hydrogen-bond donors (Lipinski definition) is 0. The number of hydrogen-bond acceptors (Lipinski definition) is 2. The highest BCUT2D eigenvalue weighted by Crippen LogP contribution is 2.31. The van der Waals surface area contributed by atoms with Gasteiger partial charge in [0.15, 0.2) is 0 Å². The van der Waals surface area contributed by atoms with Crippen LogP contribution < -0.4 is 0 Å². The van der Waals surface area contributed by atoms with Gasteiger partial charge in [0.1, 0.15) is 0 Å². The predicted molar refractivity (Wildman–Crippen MR) is 66.2 cm³/mol. The first-order valence-corrected chi connectivity index (χ1v) is 7.00. The summed E-state index contributed by atoms with van der Waals surface area (Å²) < 4.78 is 0. The second kappa shape index (κ2) is 6.05. The Labute approximate surface area is 104 Å². The lowest BCUT2D eigenvalue weighted by molar-refractivity contribution is -0.136. The third-order valence-electron chi connectivity index (χ3n) is 3.94. The monoisotopic (exact) mass is 234 g/mol. The first-order chi connectivity index (χ1) is 8.33. The van der Waals surface area contributed by atoms with Gasteiger partial charge in [-0.25, -0.2) is 0 Å². The lowest BCUT2D eigenvalue weighted by Crippen LogP contribution is -2.38. The van der Waals surface area contributed by atoms with Gasteiger partial charge in [-0.1, -0.05) is 25.7 Å². The normalized spacial score (nSPS) is 21.6. The molecule has 0 unspecified atom stereocenters. The maximum Gasteiger partial charge on any atom is 0.225 e. The van der Waals surface area contributed by atoms with Gasteiger partial charge < -0.3 is 4.90 Å². The van der Waals surface area contributed by atoms with Crippen molar-refractivity contribution >= 4 is 5.91 Å². The Balaban J connectivity index is 1.92.